The topological polar surface area (TPSA) is 69.9 Å². The molecular weight excluding hydrogens is 274 g/mol. The van der Waals surface area contributed by atoms with E-state index in [2.05, 4.69) is 6.07 Å². The fourth-order valence-electron chi connectivity index (χ4n) is 2.29. The predicted octanol–water partition coefficient (Wildman–Crippen LogP) is 2.12. The first-order chi connectivity index (χ1) is 10.2. The number of hydrogen-bond acceptors (Lipinski definition) is 6. The molecule has 0 amide bonds. The van der Waals surface area contributed by atoms with E-state index in [1.165, 1.54) is 14.2 Å². The van der Waals surface area contributed by atoms with Crippen LogP contribution in [-0.2, 0) is 15.9 Å². The van der Waals surface area contributed by atoms with Gasteiger partial charge in [-0.3, -0.25) is 0 Å². The van der Waals surface area contributed by atoms with Crippen molar-refractivity contribution < 1.29 is 23.7 Å². The summed E-state index contributed by atoms with van der Waals surface area (Å²) in [4.78, 5) is 0. The van der Waals surface area contributed by atoms with Gasteiger partial charge in [-0.1, -0.05) is 0 Å². The highest BCUT2D eigenvalue weighted by atomic mass is 16.7. The molecule has 0 aliphatic carbocycles. The Hall–Kier alpha value is -1.97. The van der Waals surface area contributed by atoms with Crippen LogP contribution in [0.5, 0.6) is 17.2 Å². The van der Waals surface area contributed by atoms with Crippen LogP contribution in [-0.4, -0.2) is 33.9 Å². The van der Waals surface area contributed by atoms with E-state index in [9.17, 15) is 5.26 Å². The highest BCUT2D eigenvalue weighted by Crippen LogP contribution is 2.42. The van der Waals surface area contributed by atoms with Gasteiger partial charge in [0, 0.05) is 14.2 Å². The van der Waals surface area contributed by atoms with Gasteiger partial charge in [0.2, 0.25) is 12.5 Å². The van der Waals surface area contributed by atoms with Crippen LogP contribution in [0.25, 0.3) is 0 Å². The minimum absolute atomic E-state index is 0.180. The summed E-state index contributed by atoms with van der Waals surface area (Å²) in [7, 11) is 3.04. The molecule has 0 aromatic heterocycles. The van der Waals surface area contributed by atoms with Crippen LogP contribution in [0.15, 0.2) is 12.1 Å². The second-order valence-electron chi connectivity index (χ2n) is 4.54. The zero-order chi connectivity index (χ0) is 15.2. The normalized spacial score (nSPS) is 14.0. The van der Waals surface area contributed by atoms with Crippen LogP contribution in [0, 0.1) is 17.2 Å². The van der Waals surface area contributed by atoms with Gasteiger partial charge in [0.25, 0.3) is 0 Å². The van der Waals surface area contributed by atoms with Crippen molar-refractivity contribution in [2.24, 2.45) is 5.92 Å². The fourth-order valence-corrected chi connectivity index (χ4v) is 2.29. The maximum absolute atomic E-state index is 9.29. The van der Waals surface area contributed by atoms with Crippen LogP contribution in [0.4, 0.5) is 0 Å². The Morgan fingerprint density at radius 3 is 2.67 bits per heavy atom. The third kappa shape index (κ3) is 3.38. The standard InChI is InChI=1S/C15H19NO5/c1-4-19-12-6-10(7-13-14(12)21-9-20-13)5-11(8-16)15(17-2)18-3/h6-7,11,15H,4-5,9H2,1-3H3. The number of ether oxygens (including phenoxy) is 5. The third-order valence-electron chi connectivity index (χ3n) is 3.21. The maximum atomic E-state index is 9.29. The summed E-state index contributed by atoms with van der Waals surface area (Å²) in [6, 6.07) is 5.93. The average molecular weight is 293 g/mol. The van der Waals surface area contributed by atoms with Gasteiger partial charge >= 0.3 is 0 Å². The van der Waals surface area contributed by atoms with E-state index in [0.717, 1.165) is 5.56 Å². The SMILES string of the molecule is CCOc1cc(CC(C#N)C(OC)OC)cc2c1OCO2. The molecule has 1 atom stereocenters. The lowest BCUT2D eigenvalue weighted by Gasteiger charge is -2.19. The average Bonchev–Trinajstić information content (AvgIpc) is 2.96. The first-order valence-corrected chi connectivity index (χ1v) is 6.74. The van der Waals surface area contributed by atoms with Crippen LogP contribution >= 0.6 is 0 Å². The number of nitrogens with zero attached hydrogens (tertiary/aromatic N) is 1. The van der Waals surface area contributed by atoms with E-state index in [0.29, 0.717) is 30.3 Å². The molecule has 1 aromatic carbocycles. The minimum atomic E-state index is -0.573. The Kier molecular flexibility index (Phi) is 5.26. The molecule has 1 aromatic rings. The fraction of sp³-hybridized carbons (Fsp3) is 0.533. The van der Waals surface area contributed by atoms with Crippen molar-refractivity contribution in [1.82, 2.24) is 0 Å². The molecule has 6 nitrogen and oxygen atoms in total. The summed E-state index contributed by atoms with van der Waals surface area (Å²) in [6.07, 6.45) is -0.101. The van der Waals surface area contributed by atoms with E-state index >= 15 is 0 Å². The van der Waals surface area contributed by atoms with Crippen molar-refractivity contribution in [1.29, 1.82) is 5.26 Å². The van der Waals surface area contributed by atoms with Crippen LogP contribution in [0.3, 0.4) is 0 Å². The smallest absolute Gasteiger partial charge is 0.231 e. The summed E-state index contributed by atoms with van der Waals surface area (Å²) in [5.41, 5.74) is 0.911. The maximum Gasteiger partial charge on any atom is 0.231 e. The first-order valence-electron chi connectivity index (χ1n) is 6.74. The number of nitriles is 1. The van der Waals surface area contributed by atoms with Crippen molar-refractivity contribution in [2.45, 2.75) is 19.6 Å². The van der Waals surface area contributed by atoms with Gasteiger partial charge in [-0.15, -0.1) is 0 Å². The Balaban J connectivity index is 2.24. The molecule has 0 bridgehead atoms. The highest BCUT2D eigenvalue weighted by molar-refractivity contribution is 5.55. The second kappa shape index (κ2) is 7.16. The van der Waals surface area contributed by atoms with Gasteiger partial charge in [-0.05, 0) is 31.0 Å². The molecule has 0 saturated carbocycles. The number of benzene rings is 1. The van der Waals surface area contributed by atoms with E-state index in [4.69, 9.17) is 23.7 Å². The van der Waals surface area contributed by atoms with E-state index in [1.54, 1.807) is 0 Å². The first kappa shape index (κ1) is 15.4. The van der Waals surface area contributed by atoms with Crippen LogP contribution < -0.4 is 14.2 Å². The van der Waals surface area contributed by atoms with Crippen molar-refractivity contribution >= 4 is 0 Å². The van der Waals surface area contributed by atoms with Gasteiger partial charge in [0.1, 0.15) is 5.92 Å². The molecule has 21 heavy (non-hydrogen) atoms. The Morgan fingerprint density at radius 1 is 1.29 bits per heavy atom. The molecule has 2 rings (SSSR count). The summed E-state index contributed by atoms with van der Waals surface area (Å²) >= 11 is 0. The molecule has 0 spiro atoms. The second-order valence-corrected chi connectivity index (χ2v) is 4.54. The summed E-state index contributed by atoms with van der Waals surface area (Å²) in [6.45, 7) is 2.61. The van der Waals surface area contributed by atoms with Gasteiger partial charge in [0.05, 0.1) is 12.7 Å². The number of rotatable bonds is 7. The van der Waals surface area contributed by atoms with E-state index in [1.807, 2.05) is 19.1 Å². The lowest BCUT2D eigenvalue weighted by molar-refractivity contribution is -0.124. The molecule has 0 radical (unpaired) electrons. The lowest BCUT2D eigenvalue weighted by atomic mass is 9.99. The number of methoxy groups -OCH3 is 2. The molecule has 1 unspecified atom stereocenters. The largest absolute Gasteiger partial charge is 0.490 e. The summed E-state index contributed by atoms with van der Waals surface area (Å²) < 4.78 is 26.7. The van der Waals surface area contributed by atoms with Crippen molar-refractivity contribution in [3.05, 3.63) is 17.7 Å². The molecule has 6 heteroatoms. The van der Waals surface area contributed by atoms with Crippen LogP contribution in [0.2, 0.25) is 0 Å². The van der Waals surface area contributed by atoms with Gasteiger partial charge in [0.15, 0.2) is 17.8 Å². The third-order valence-corrected chi connectivity index (χ3v) is 3.21. The molecule has 0 fully saturated rings. The monoisotopic (exact) mass is 293 g/mol. The van der Waals surface area contributed by atoms with Crippen molar-refractivity contribution in [2.75, 3.05) is 27.6 Å². The van der Waals surface area contributed by atoms with E-state index in [-0.39, 0.29) is 6.79 Å². The Bertz CT molecular complexity index is 522. The lowest BCUT2D eigenvalue weighted by Crippen LogP contribution is -2.25. The quantitative estimate of drug-likeness (QED) is 0.717. The van der Waals surface area contributed by atoms with Crippen LogP contribution in [0.1, 0.15) is 12.5 Å². The summed E-state index contributed by atoms with van der Waals surface area (Å²) in [5, 5.41) is 9.29. The Labute approximate surface area is 124 Å². The molecule has 0 N–H and O–H groups in total. The van der Waals surface area contributed by atoms with Crippen molar-refractivity contribution in [3.8, 4) is 23.3 Å². The molecule has 1 heterocycles. The molecule has 114 valence electrons. The number of hydrogen-bond donors (Lipinski definition) is 0. The Morgan fingerprint density at radius 2 is 2.05 bits per heavy atom. The minimum Gasteiger partial charge on any atom is -0.490 e. The zero-order valence-corrected chi connectivity index (χ0v) is 12.4. The van der Waals surface area contributed by atoms with Gasteiger partial charge in [-0.2, -0.15) is 5.26 Å². The van der Waals surface area contributed by atoms with Gasteiger partial charge in [-0.25, -0.2) is 0 Å². The molecular formula is C15H19NO5. The van der Waals surface area contributed by atoms with E-state index < -0.39 is 12.2 Å². The number of fused-ring (bicyclic) bond motifs is 1. The predicted molar refractivity (Wildman–Crippen MR) is 74.3 cm³/mol. The van der Waals surface area contributed by atoms with Gasteiger partial charge < -0.3 is 23.7 Å². The molecule has 1 aliphatic rings. The zero-order valence-electron chi connectivity index (χ0n) is 12.4. The summed E-state index contributed by atoms with van der Waals surface area (Å²) in [5.74, 6) is 1.46. The van der Waals surface area contributed by atoms with Crippen molar-refractivity contribution in [3.63, 3.8) is 0 Å². The molecule has 1 aliphatic heterocycles. The highest BCUT2D eigenvalue weighted by Gasteiger charge is 2.25. The molecule has 0 saturated heterocycles.